The molecule has 0 atom stereocenters. The van der Waals surface area contributed by atoms with Gasteiger partial charge >= 0.3 is 0 Å². The lowest BCUT2D eigenvalue weighted by Crippen LogP contribution is -2.20. The second kappa shape index (κ2) is 6.51. The van der Waals surface area contributed by atoms with Crippen LogP contribution in [-0.2, 0) is 17.8 Å². The standard InChI is InChI=1S/C19H17N5O2/c1-12-2-4-13(5-3-12)19-21-23-24(22-19)11-17(25)15-6-8-16-14(10-15)7-9-18(26)20-16/h2-6,8,10H,7,9,11H2,1H3,(H,20,26). The number of hydrogen-bond acceptors (Lipinski definition) is 5. The van der Waals surface area contributed by atoms with Crippen molar-refractivity contribution in [1.82, 2.24) is 20.2 Å². The average Bonchev–Trinajstić information content (AvgIpc) is 3.10. The monoisotopic (exact) mass is 347 g/mol. The van der Waals surface area contributed by atoms with Gasteiger partial charge in [0.25, 0.3) is 0 Å². The second-order valence-electron chi connectivity index (χ2n) is 6.35. The molecule has 0 saturated heterocycles. The summed E-state index contributed by atoms with van der Waals surface area (Å²) in [5.74, 6) is 0.399. The lowest BCUT2D eigenvalue weighted by Gasteiger charge is -2.17. The van der Waals surface area contributed by atoms with Gasteiger partial charge in [-0.25, -0.2) is 0 Å². The van der Waals surface area contributed by atoms with Crippen molar-refractivity contribution in [3.05, 3.63) is 59.2 Å². The van der Waals surface area contributed by atoms with Crippen LogP contribution in [0.5, 0.6) is 0 Å². The number of ketones is 1. The molecule has 2 aromatic carbocycles. The van der Waals surface area contributed by atoms with E-state index >= 15 is 0 Å². The number of aromatic nitrogens is 4. The Hall–Kier alpha value is -3.35. The Morgan fingerprint density at radius 2 is 1.96 bits per heavy atom. The molecule has 0 spiro atoms. The number of hydrogen-bond donors (Lipinski definition) is 1. The summed E-state index contributed by atoms with van der Waals surface area (Å²) in [7, 11) is 0. The van der Waals surface area contributed by atoms with E-state index in [4.69, 9.17) is 0 Å². The molecule has 1 amide bonds. The Morgan fingerprint density at radius 1 is 1.15 bits per heavy atom. The van der Waals surface area contributed by atoms with Crippen LogP contribution in [0.25, 0.3) is 11.4 Å². The van der Waals surface area contributed by atoms with Gasteiger partial charge in [0.05, 0.1) is 0 Å². The van der Waals surface area contributed by atoms with E-state index in [1.165, 1.54) is 4.80 Å². The number of tetrazole rings is 1. The van der Waals surface area contributed by atoms with Crippen molar-refractivity contribution in [2.75, 3.05) is 5.32 Å². The quantitative estimate of drug-likeness (QED) is 0.732. The minimum Gasteiger partial charge on any atom is -0.326 e. The molecule has 7 heteroatoms. The molecule has 3 aromatic rings. The maximum atomic E-state index is 12.5. The third-order valence-corrected chi connectivity index (χ3v) is 4.37. The fourth-order valence-corrected chi connectivity index (χ4v) is 2.90. The molecular weight excluding hydrogens is 330 g/mol. The first-order valence-corrected chi connectivity index (χ1v) is 8.39. The molecule has 0 fully saturated rings. The van der Waals surface area contributed by atoms with E-state index in [0.29, 0.717) is 24.2 Å². The maximum absolute atomic E-state index is 12.5. The first-order chi connectivity index (χ1) is 12.6. The zero-order chi connectivity index (χ0) is 18.1. The van der Waals surface area contributed by atoms with Crippen molar-refractivity contribution < 1.29 is 9.59 Å². The van der Waals surface area contributed by atoms with Crippen LogP contribution < -0.4 is 5.32 Å². The fraction of sp³-hybridized carbons (Fsp3) is 0.211. The van der Waals surface area contributed by atoms with Crippen LogP contribution in [0.15, 0.2) is 42.5 Å². The minimum absolute atomic E-state index is 0.00651. The lowest BCUT2D eigenvalue weighted by molar-refractivity contribution is -0.116. The predicted octanol–water partition coefficient (Wildman–Crippen LogP) is 2.42. The Balaban J connectivity index is 1.50. The number of anilines is 1. The highest BCUT2D eigenvalue weighted by molar-refractivity contribution is 5.98. The number of aryl methyl sites for hydroxylation is 2. The number of nitrogens with one attached hydrogen (secondary N) is 1. The maximum Gasteiger partial charge on any atom is 0.224 e. The number of amides is 1. The van der Waals surface area contributed by atoms with E-state index in [-0.39, 0.29) is 18.2 Å². The van der Waals surface area contributed by atoms with Crippen molar-refractivity contribution in [2.24, 2.45) is 0 Å². The van der Waals surface area contributed by atoms with E-state index in [0.717, 1.165) is 22.4 Å². The van der Waals surface area contributed by atoms with Crippen LogP contribution in [0.3, 0.4) is 0 Å². The molecule has 0 unspecified atom stereocenters. The van der Waals surface area contributed by atoms with Crippen LogP contribution in [0.2, 0.25) is 0 Å². The van der Waals surface area contributed by atoms with E-state index < -0.39 is 0 Å². The van der Waals surface area contributed by atoms with Gasteiger partial charge in [0.2, 0.25) is 11.7 Å². The SMILES string of the molecule is Cc1ccc(-c2nnn(CC(=O)c3ccc4c(c3)CCC(=O)N4)n2)cc1. The first-order valence-electron chi connectivity index (χ1n) is 8.39. The Kier molecular flexibility index (Phi) is 4.04. The molecule has 1 aliphatic rings. The van der Waals surface area contributed by atoms with Gasteiger partial charge in [0, 0.05) is 23.2 Å². The highest BCUT2D eigenvalue weighted by Gasteiger charge is 2.17. The Bertz CT molecular complexity index is 991. The second-order valence-corrected chi connectivity index (χ2v) is 6.35. The summed E-state index contributed by atoms with van der Waals surface area (Å²) in [6.45, 7) is 2.03. The van der Waals surface area contributed by atoms with Crippen LogP contribution in [-0.4, -0.2) is 31.9 Å². The molecule has 4 rings (SSSR count). The van der Waals surface area contributed by atoms with Gasteiger partial charge in [-0.15, -0.1) is 10.2 Å². The molecular formula is C19H17N5O2. The van der Waals surface area contributed by atoms with E-state index in [9.17, 15) is 9.59 Å². The molecule has 130 valence electrons. The van der Waals surface area contributed by atoms with Crippen molar-refractivity contribution in [2.45, 2.75) is 26.3 Å². The molecule has 0 radical (unpaired) electrons. The normalized spacial score (nSPS) is 13.2. The summed E-state index contributed by atoms with van der Waals surface area (Å²) < 4.78 is 0. The molecule has 2 heterocycles. The summed E-state index contributed by atoms with van der Waals surface area (Å²) in [6, 6.07) is 13.1. The van der Waals surface area contributed by atoms with Gasteiger partial charge in [0.15, 0.2) is 5.78 Å². The predicted molar refractivity (Wildman–Crippen MR) is 95.7 cm³/mol. The highest BCUT2D eigenvalue weighted by atomic mass is 16.1. The van der Waals surface area contributed by atoms with Crippen molar-refractivity contribution in [1.29, 1.82) is 0 Å². The molecule has 26 heavy (non-hydrogen) atoms. The summed E-state index contributed by atoms with van der Waals surface area (Å²) in [5, 5.41) is 15.1. The summed E-state index contributed by atoms with van der Waals surface area (Å²) in [4.78, 5) is 25.3. The minimum atomic E-state index is -0.0995. The van der Waals surface area contributed by atoms with Gasteiger partial charge in [-0.3, -0.25) is 9.59 Å². The van der Waals surface area contributed by atoms with Crippen LogP contribution in [0.1, 0.15) is 27.9 Å². The third kappa shape index (κ3) is 3.23. The Morgan fingerprint density at radius 3 is 2.77 bits per heavy atom. The average molecular weight is 347 g/mol. The smallest absolute Gasteiger partial charge is 0.224 e. The first kappa shape index (κ1) is 16.1. The van der Waals surface area contributed by atoms with Gasteiger partial charge in [-0.05, 0) is 42.3 Å². The molecule has 1 aromatic heterocycles. The fourth-order valence-electron chi connectivity index (χ4n) is 2.90. The molecule has 0 bridgehead atoms. The van der Waals surface area contributed by atoms with Crippen molar-refractivity contribution >= 4 is 17.4 Å². The zero-order valence-corrected chi connectivity index (χ0v) is 14.3. The van der Waals surface area contributed by atoms with Gasteiger partial charge in [0.1, 0.15) is 6.54 Å². The number of benzene rings is 2. The number of nitrogens with zero attached hydrogens (tertiary/aromatic N) is 4. The third-order valence-electron chi connectivity index (χ3n) is 4.37. The summed E-state index contributed by atoms with van der Waals surface area (Å²) in [5.41, 5.74) is 4.34. The Labute approximate surface area is 150 Å². The van der Waals surface area contributed by atoms with Crippen LogP contribution >= 0.6 is 0 Å². The topological polar surface area (TPSA) is 89.8 Å². The highest BCUT2D eigenvalue weighted by Crippen LogP contribution is 2.24. The lowest BCUT2D eigenvalue weighted by atomic mass is 9.99. The van der Waals surface area contributed by atoms with E-state index in [2.05, 4.69) is 20.7 Å². The molecule has 1 N–H and O–H groups in total. The van der Waals surface area contributed by atoms with E-state index in [1.54, 1.807) is 12.1 Å². The number of rotatable bonds is 4. The van der Waals surface area contributed by atoms with Gasteiger partial charge in [-0.2, -0.15) is 4.80 Å². The van der Waals surface area contributed by atoms with E-state index in [1.807, 2.05) is 37.3 Å². The van der Waals surface area contributed by atoms with Crippen LogP contribution in [0, 0.1) is 6.92 Å². The van der Waals surface area contributed by atoms with Gasteiger partial charge < -0.3 is 5.32 Å². The molecule has 1 aliphatic heterocycles. The number of carbonyl (C=O) groups is 2. The molecule has 0 saturated carbocycles. The number of fused-ring (bicyclic) bond motifs is 1. The zero-order valence-electron chi connectivity index (χ0n) is 14.3. The largest absolute Gasteiger partial charge is 0.326 e. The summed E-state index contributed by atoms with van der Waals surface area (Å²) >= 11 is 0. The number of carbonyl (C=O) groups excluding carboxylic acids is 2. The van der Waals surface area contributed by atoms with Crippen molar-refractivity contribution in [3.63, 3.8) is 0 Å². The summed E-state index contributed by atoms with van der Waals surface area (Å²) in [6.07, 6.45) is 1.08. The number of Topliss-reactive ketones (excluding diaryl/α,β-unsaturated/α-hetero) is 1. The molecule has 7 nitrogen and oxygen atoms in total. The van der Waals surface area contributed by atoms with Gasteiger partial charge in [-0.1, -0.05) is 29.8 Å². The molecule has 0 aliphatic carbocycles. The van der Waals surface area contributed by atoms with Crippen LogP contribution in [0.4, 0.5) is 5.69 Å². The van der Waals surface area contributed by atoms with Crippen molar-refractivity contribution in [3.8, 4) is 11.4 Å².